The van der Waals surface area contributed by atoms with Gasteiger partial charge in [0.2, 0.25) is 11.8 Å². The summed E-state index contributed by atoms with van der Waals surface area (Å²) in [4.78, 5) is 27.3. The molecular weight excluding hydrogens is 256 g/mol. The Morgan fingerprint density at radius 3 is 3.15 bits per heavy atom. The molecule has 2 heterocycles. The van der Waals surface area contributed by atoms with Crippen molar-refractivity contribution in [3.05, 3.63) is 30.1 Å². The zero-order valence-corrected chi connectivity index (χ0v) is 11.2. The molecule has 20 heavy (non-hydrogen) atoms. The van der Waals surface area contributed by atoms with Crippen LogP contribution in [0.2, 0.25) is 0 Å². The van der Waals surface area contributed by atoms with Gasteiger partial charge in [-0.3, -0.25) is 9.59 Å². The van der Waals surface area contributed by atoms with Gasteiger partial charge < -0.3 is 15.2 Å². The molecule has 0 saturated carbocycles. The lowest BCUT2D eigenvalue weighted by atomic mass is 10.2. The number of benzene rings is 1. The van der Waals surface area contributed by atoms with E-state index < -0.39 is 0 Å². The molecule has 1 unspecified atom stereocenters. The molecule has 0 spiro atoms. The predicted octanol–water partition coefficient (Wildman–Crippen LogP) is 0.468. The molecule has 6 heteroatoms. The third-order valence-electron chi connectivity index (χ3n) is 3.57. The lowest BCUT2D eigenvalue weighted by Gasteiger charge is -2.10. The average Bonchev–Trinajstić information content (AvgIpc) is 3.03. The minimum atomic E-state index is -0.388. The second-order valence-electron chi connectivity index (χ2n) is 5.06. The first-order chi connectivity index (χ1) is 9.63. The summed E-state index contributed by atoms with van der Waals surface area (Å²) in [5.41, 5.74) is 2.96. The first-order valence-electron chi connectivity index (χ1n) is 6.60. The van der Waals surface area contributed by atoms with Gasteiger partial charge in [-0.05, 0) is 24.1 Å². The van der Waals surface area contributed by atoms with E-state index in [9.17, 15) is 9.59 Å². The van der Waals surface area contributed by atoms with E-state index in [1.54, 1.807) is 6.33 Å². The van der Waals surface area contributed by atoms with E-state index >= 15 is 0 Å². The second kappa shape index (κ2) is 4.96. The van der Waals surface area contributed by atoms with Crippen molar-refractivity contribution in [2.24, 2.45) is 7.05 Å². The molecule has 2 N–H and O–H groups in total. The molecule has 1 atom stereocenters. The Morgan fingerprint density at radius 1 is 1.55 bits per heavy atom. The van der Waals surface area contributed by atoms with Crippen LogP contribution in [-0.2, 0) is 23.2 Å². The fourth-order valence-electron chi connectivity index (χ4n) is 2.41. The van der Waals surface area contributed by atoms with Crippen LogP contribution in [0.3, 0.4) is 0 Å². The first kappa shape index (κ1) is 12.7. The van der Waals surface area contributed by atoms with Crippen molar-refractivity contribution in [3.8, 4) is 0 Å². The molecule has 1 fully saturated rings. The third kappa shape index (κ3) is 2.36. The zero-order chi connectivity index (χ0) is 14.1. The van der Waals surface area contributed by atoms with Gasteiger partial charge in [0, 0.05) is 20.0 Å². The Labute approximate surface area is 116 Å². The van der Waals surface area contributed by atoms with E-state index in [2.05, 4.69) is 15.6 Å². The number of carbonyl (C=O) groups is 2. The number of hydrogen-bond donors (Lipinski definition) is 2. The molecule has 104 valence electrons. The van der Waals surface area contributed by atoms with Crippen molar-refractivity contribution in [2.75, 3.05) is 0 Å². The Bertz CT molecular complexity index is 677. The predicted molar refractivity (Wildman–Crippen MR) is 73.7 cm³/mol. The van der Waals surface area contributed by atoms with E-state index in [0.29, 0.717) is 19.4 Å². The fraction of sp³-hybridized carbons (Fsp3) is 0.357. The summed E-state index contributed by atoms with van der Waals surface area (Å²) in [7, 11) is 1.94. The number of imidazole rings is 1. The van der Waals surface area contributed by atoms with Crippen molar-refractivity contribution in [3.63, 3.8) is 0 Å². The van der Waals surface area contributed by atoms with Crippen molar-refractivity contribution in [1.29, 1.82) is 0 Å². The highest BCUT2D eigenvalue weighted by Crippen LogP contribution is 2.14. The standard InChI is InChI=1S/C14H16N4O2/c1-18-8-16-11-6-9(2-4-12(11)18)7-15-14(20)10-3-5-13(19)17-10/h2,4,6,8,10H,3,5,7H2,1H3,(H,15,20)(H,17,19). The van der Waals surface area contributed by atoms with E-state index in [1.807, 2.05) is 29.8 Å². The van der Waals surface area contributed by atoms with Gasteiger partial charge in [-0.2, -0.15) is 0 Å². The van der Waals surface area contributed by atoms with Crippen molar-refractivity contribution in [1.82, 2.24) is 20.2 Å². The molecule has 1 saturated heterocycles. The minimum absolute atomic E-state index is 0.0555. The highest BCUT2D eigenvalue weighted by Gasteiger charge is 2.26. The van der Waals surface area contributed by atoms with E-state index in [4.69, 9.17) is 0 Å². The molecule has 0 aliphatic carbocycles. The van der Waals surface area contributed by atoms with E-state index in [-0.39, 0.29) is 17.9 Å². The molecule has 2 amide bonds. The molecule has 1 aromatic heterocycles. The van der Waals surface area contributed by atoms with E-state index in [0.717, 1.165) is 16.6 Å². The Kier molecular flexibility index (Phi) is 3.14. The van der Waals surface area contributed by atoms with Crippen LogP contribution in [-0.4, -0.2) is 27.4 Å². The fourth-order valence-corrected chi connectivity index (χ4v) is 2.41. The van der Waals surface area contributed by atoms with Gasteiger partial charge in [-0.25, -0.2) is 4.98 Å². The Hall–Kier alpha value is -2.37. The number of nitrogens with one attached hydrogen (secondary N) is 2. The number of amides is 2. The minimum Gasteiger partial charge on any atom is -0.350 e. The maximum Gasteiger partial charge on any atom is 0.242 e. The van der Waals surface area contributed by atoms with Crippen molar-refractivity contribution >= 4 is 22.8 Å². The smallest absolute Gasteiger partial charge is 0.242 e. The highest BCUT2D eigenvalue weighted by molar-refractivity contribution is 5.90. The number of fused-ring (bicyclic) bond motifs is 1. The molecule has 1 aliphatic rings. The number of hydrogen-bond acceptors (Lipinski definition) is 3. The molecule has 1 aromatic carbocycles. The van der Waals surface area contributed by atoms with Gasteiger partial charge in [0.1, 0.15) is 6.04 Å². The van der Waals surface area contributed by atoms with Crippen molar-refractivity contribution < 1.29 is 9.59 Å². The molecule has 2 aromatic rings. The molecule has 1 aliphatic heterocycles. The maximum atomic E-state index is 11.9. The largest absolute Gasteiger partial charge is 0.350 e. The normalized spacial score (nSPS) is 18.2. The van der Waals surface area contributed by atoms with Crippen LogP contribution in [0.25, 0.3) is 11.0 Å². The van der Waals surface area contributed by atoms with Crippen LogP contribution in [0, 0.1) is 0 Å². The summed E-state index contributed by atoms with van der Waals surface area (Å²) in [6, 6.07) is 5.53. The SMILES string of the molecule is Cn1cnc2cc(CNC(=O)C3CCC(=O)N3)ccc21. The van der Waals surface area contributed by atoms with Gasteiger partial charge in [0.25, 0.3) is 0 Å². The van der Waals surface area contributed by atoms with Crippen LogP contribution in [0.4, 0.5) is 0 Å². The topological polar surface area (TPSA) is 76.0 Å². The third-order valence-corrected chi connectivity index (χ3v) is 3.57. The van der Waals surface area contributed by atoms with Crippen LogP contribution in [0.1, 0.15) is 18.4 Å². The summed E-state index contributed by atoms with van der Waals surface area (Å²) in [6.45, 7) is 0.442. The van der Waals surface area contributed by atoms with Crippen LogP contribution in [0.15, 0.2) is 24.5 Å². The Balaban J connectivity index is 1.64. The van der Waals surface area contributed by atoms with Crippen LogP contribution in [0.5, 0.6) is 0 Å². The summed E-state index contributed by atoms with van der Waals surface area (Å²) < 4.78 is 1.95. The quantitative estimate of drug-likeness (QED) is 0.852. The zero-order valence-electron chi connectivity index (χ0n) is 11.2. The lowest BCUT2D eigenvalue weighted by molar-refractivity contribution is -0.125. The molecule has 3 rings (SSSR count). The molecule has 0 bridgehead atoms. The van der Waals surface area contributed by atoms with Gasteiger partial charge in [-0.1, -0.05) is 6.07 Å². The van der Waals surface area contributed by atoms with Gasteiger partial charge in [0.15, 0.2) is 0 Å². The molecular formula is C14H16N4O2. The average molecular weight is 272 g/mol. The van der Waals surface area contributed by atoms with Crippen molar-refractivity contribution in [2.45, 2.75) is 25.4 Å². The lowest BCUT2D eigenvalue weighted by Crippen LogP contribution is -2.41. The number of aryl methyl sites for hydroxylation is 1. The van der Waals surface area contributed by atoms with Gasteiger partial charge in [0.05, 0.1) is 17.4 Å². The van der Waals surface area contributed by atoms with E-state index in [1.165, 1.54) is 0 Å². The first-order valence-corrected chi connectivity index (χ1v) is 6.60. The van der Waals surface area contributed by atoms with Gasteiger partial charge in [-0.15, -0.1) is 0 Å². The number of carbonyl (C=O) groups excluding carboxylic acids is 2. The number of nitrogens with zero attached hydrogens (tertiary/aromatic N) is 2. The number of rotatable bonds is 3. The highest BCUT2D eigenvalue weighted by atomic mass is 16.2. The maximum absolute atomic E-state index is 11.9. The monoisotopic (exact) mass is 272 g/mol. The van der Waals surface area contributed by atoms with Crippen LogP contribution < -0.4 is 10.6 Å². The second-order valence-corrected chi connectivity index (χ2v) is 5.06. The van der Waals surface area contributed by atoms with Gasteiger partial charge >= 0.3 is 0 Å². The molecule has 6 nitrogen and oxygen atoms in total. The summed E-state index contributed by atoms with van der Waals surface area (Å²) >= 11 is 0. The number of aromatic nitrogens is 2. The molecule has 0 radical (unpaired) electrons. The summed E-state index contributed by atoms with van der Waals surface area (Å²) in [6.07, 6.45) is 2.77. The van der Waals surface area contributed by atoms with Crippen LogP contribution >= 0.6 is 0 Å². The Morgan fingerprint density at radius 2 is 2.40 bits per heavy atom. The summed E-state index contributed by atoms with van der Waals surface area (Å²) in [5, 5.41) is 5.50. The summed E-state index contributed by atoms with van der Waals surface area (Å²) in [5.74, 6) is -0.183.